The fourth-order valence-electron chi connectivity index (χ4n) is 0.821. The average molecular weight is 300 g/mol. The van der Waals surface area contributed by atoms with Crippen LogP contribution in [0.25, 0.3) is 0 Å². The highest BCUT2D eigenvalue weighted by Crippen LogP contribution is 1.92. The van der Waals surface area contributed by atoms with Gasteiger partial charge in [-0.3, -0.25) is 0 Å². The van der Waals surface area contributed by atoms with Crippen LogP contribution in [0.1, 0.15) is 5.56 Å². The van der Waals surface area contributed by atoms with Crippen LogP contribution in [0, 0.1) is 6.92 Å². The lowest BCUT2D eigenvalue weighted by molar-refractivity contribution is 0.0128. The van der Waals surface area contributed by atoms with E-state index in [1.807, 2.05) is 18.2 Å². The first-order valence-corrected chi connectivity index (χ1v) is 6.12. The van der Waals surface area contributed by atoms with Gasteiger partial charge in [0.15, 0.2) is 6.79 Å². The number of carbonyl (C=O) groups excluding carboxylic acids is 2. The zero-order chi connectivity index (χ0) is 16.5. The number of benzene rings is 1. The first-order chi connectivity index (χ1) is 10.0. The van der Waals surface area contributed by atoms with E-state index in [2.05, 4.69) is 43.9 Å². The maximum atomic E-state index is 10.2. The van der Waals surface area contributed by atoms with E-state index in [1.54, 1.807) is 0 Å². The highest BCUT2D eigenvalue weighted by molar-refractivity contribution is 5.66. The van der Waals surface area contributed by atoms with Crippen molar-refractivity contribution in [1.29, 1.82) is 0 Å². The fraction of sp³-hybridized carbons (Fsp3) is 0.429. The van der Waals surface area contributed by atoms with Crippen LogP contribution in [0.3, 0.4) is 0 Å². The molecule has 21 heavy (non-hydrogen) atoms. The van der Waals surface area contributed by atoms with E-state index in [-0.39, 0.29) is 6.79 Å². The van der Waals surface area contributed by atoms with Crippen molar-refractivity contribution in [3.8, 4) is 0 Å². The molecule has 2 N–H and O–H groups in total. The number of ether oxygens (including phenoxy) is 3. The Labute approximate surface area is 125 Å². The number of methoxy groups -OCH3 is 2. The minimum Gasteiger partial charge on any atom is -0.453 e. The van der Waals surface area contributed by atoms with Gasteiger partial charge < -0.3 is 24.8 Å². The normalized spacial score (nSPS) is 8.05. The van der Waals surface area contributed by atoms with Crippen LogP contribution in [0.5, 0.6) is 0 Å². The van der Waals surface area contributed by atoms with E-state index in [1.165, 1.54) is 33.9 Å². The molecule has 0 atom stereocenters. The van der Waals surface area contributed by atoms with Gasteiger partial charge in [-0.2, -0.15) is 0 Å². The minimum atomic E-state index is -0.480. The van der Waals surface area contributed by atoms with Crippen molar-refractivity contribution in [2.24, 2.45) is 0 Å². The van der Waals surface area contributed by atoms with Gasteiger partial charge in [-0.25, -0.2) is 9.59 Å². The molecule has 0 spiro atoms. The first kappa shape index (κ1) is 21.0. The van der Waals surface area contributed by atoms with Gasteiger partial charge in [0.25, 0.3) is 0 Å². The maximum Gasteiger partial charge on any atom is 0.408 e. The number of alkyl carbamates (subject to hydrolysis) is 2. The Kier molecular flexibility index (Phi) is 15.8. The Hall–Kier alpha value is -2.28. The second-order valence-electron chi connectivity index (χ2n) is 3.48. The molecular weight excluding hydrogens is 276 g/mol. The van der Waals surface area contributed by atoms with Crippen molar-refractivity contribution >= 4 is 12.2 Å². The van der Waals surface area contributed by atoms with Crippen molar-refractivity contribution in [2.75, 3.05) is 35.1 Å². The molecule has 7 nitrogen and oxygen atoms in total. The van der Waals surface area contributed by atoms with Crippen LogP contribution in [-0.4, -0.2) is 47.3 Å². The third kappa shape index (κ3) is 17.7. The molecule has 0 unspecified atom stereocenters. The van der Waals surface area contributed by atoms with Crippen molar-refractivity contribution < 1.29 is 23.8 Å². The molecule has 0 aromatic heterocycles. The predicted molar refractivity (Wildman–Crippen MR) is 80.1 cm³/mol. The Morgan fingerprint density at radius 1 is 1.00 bits per heavy atom. The van der Waals surface area contributed by atoms with Crippen LogP contribution in [0.2, 0.25) is 0 Å². The molecule has 0 aliphatic carbocycles. The lowest BCUT2D eigenvalue weighted by atomic mass is 10.2. The number of aryl methyl sites for hydroxylation is 1. The summed E-state index contributed by atoms with van der Waals surface area (Å²) in [5, 5.41) is 4.51. The number of carbonyl (C=O) groups is 2. The lowest BCUT2D eigenvalue weighted by Crippen LogP contribution is -2.19. The van der Waals surface area contributed by atoms with Gasteiger partial charge in [-0.05, 0) is 6.92 Å². The SMILES string of the molecule is CNC(=O)OC.CNC(=O)OCOC.Cc1ccccc1. The zero-order valence-electron chi connectivity index (χ0n) is 13.1. The summed E-state index contributed by atoms with van der Waals surface area (Å²) in [6.07, 6.45) is -0.887. The molecule has 0 saturated heterocycles. The van der Waals surface area contributed by atoms with Gasteiger partial charge >= 0.3 is 12.2 Å². The number of rotatable bonds is 2. The summed E-state index contributed by atoms with van der Waals surface area (Å²) < 4.78 is 12.9. The third-order valence-corrected chi connectivity index (χ3v) is 1.84. The lowest BCUT2D eigenvalue weighted by Gasteiger charge is -1.99. The summed E-state index contributed by atoms with van der Waals surface area (Å²) >= 11 is 0. The molecule has 0 heterocycles. The zero-order valence-corrected chi connectivity index (χ0v) is 13.1. The summed E-state index contributed by atoms with van der Waals surface area (Å²) in [5.41, 5.74) is 1.32. The standard InChI is InChI=1S/C7H8.C4H9NO3.C3H7NO2/c1-7-5-3-2-4-6-7;1-5-4(6)8-3-7-2;1-4-3(5)6-2/h2-6H,1H3;3H2,1-2H3,(H,5,6);1-2H3,(H,4,5). The quantitative estimate of drug-likeness (QED) is 0.815. The molecule has 2 amide bonds. The van der Waals surface area contributed by atoms with Crippen LogP contribution in [0.15, 0.2) is 30.3 Å². The Morgan fingerprint density at radius 3 is 1.76 bits per heavy atom. The predicted octanol–water partition coefficient (Wildman–Crippen LogP) is 1.91. The topological polar surface area (TPSA) is 85.9 Å². The molecule has 0 radical (unpaired) electrons. The van der Waals surface area contributed by atoms with Crippen LogP contribution >= 0.6 is 0 Å². The summed E-state index contributed by atoms with van der Waals surface area (Å²) in [5.74, 6) is 0. The molecule has 0 aliphatic heterocycles. The average Bonchev–Trinajstić information content (AvgIpc) is 2.53. The third-order valence-electron chi connectivity index (χ3n) is 1.84. The van der Waals surface area contributed by atoms with Gasteiger partial charge in [-0.1, -0.05) is 35.9 Å². The van der Waals surface area contributed by atoms with E-state index in [4.69, 9.17) is 0 Å². The van der Waals surface area contributed by atoms with Crippen LogP contribution < -0.4 is 10.6 Å². The molecule has 0 aliphatic rings. The summed E-state index contributed by atoms with van der Waals surface area (Å²) in [6, 6.07) is 10.3. The van der Waals surface area contributed by atoms with Gasteiger partial charge in [0.05, 0.1) is 7.11 Å². The van der Waals surface area contributed by atoms with Gasteiger partial charge in [0.1, 0.15) is 0 Å². The smallest absolute Gasteiger partial charge is 0.408 e. The van der Waals surface area contributed by atoms with E-state index in [0.717, 1.165) is 0 Å². The Morgan fingerprint density at radius 2 is 1.52 bits per heavy atom. The summed E-state index contributed by atoms with van der Waals surface area (Å²) in [7, 11) is 5.76. The van der Waals surface area contributed by atoms with Crippen LogP contribution in [0.4, 0.5) is 9.59 Å². The molecule has 0 bridgehead atoms. The Balaban J connectivity index is 0. The van der Waals surface area contributed by atoms with Gasteiger partial charge in [0.2, 0.25) is 0 Å². The monoisotopic (exact) mass is 300 g/mol. The number of amides is 2. The maximum absolute atomic E-state index is 10.2. The fourth-order valence-corrected chi connectivity index (χ4v) is 0.821. The second-order valence-corrected chi connectivity index (χ2v) is 3.48. The number of hydrogen-bond acceptors (Lipinski definition) is 5. The van der Waals surface area contributed by atoms with E-state index < -0.39 is 12.2 Å². The van der Waals surface area contributed by atoms with Gasteiger partial charge in [-0.15, -0.1) is 0 Å². The molecule has 0 saturated carbocycles. The molecule has 7 heteroatoms. The van der Waals surface area contributed by atoms with Crippen molar-refractivity contribution in [3.05, 3.63) is 35.9 Å². The highest BCUT2D eigenvalue weighted by Gasteiger charge is 1.92. The van der Waals surface area contributed by atoms with E-state index in [9.17, 15) is 9.59 Å². The molecule has 120 valence electrons. The number of nitrogens with one attached hydrogen (secondary N) is 2. The number of hydrogen-bond donors (Lipinski definition) is 2. The summed E-state index contributed by atoms with van der Waals surface area (Å²) in [4.78, 5) is 20.0. The molecule has 1 aromatic rings. The minimum absolute atomic E-state index is 0.000324. The molecule has 1 aromatic carbocycles. The van der Waals surface area contributed by atoms with Crippen LogP contribution in [-0.2, 0) is 14.2 Å². The van der Waals surface area contributed by atoms with Crippen molar-refractivity contribution in [3.63, 3.8) is 0 Å². The first-order valence-electron chi connectivity index (χ1n) is 6.12. The van der Waals surface area contributed by atoms with Crippen molar-refractivity contribution in [1.82, 2.24) is 10.6 Å². The van der Waals surface area contributed by atoms with E-state index in [0.29, 0.717) is 0 Å². The molecule has 1 rings (SSSR count). The molecule has 0 fully saturated rings. The largest absolute Gasteiger partial charge is 0.453 e. The van der Waals surface area contributed by atoms with E-state index >= 15 is 0 Å². The highest BCUT2D eigenvalue weighted by atomic mass is 16.7. The Bertz CT molecular complexity index is 365. The summed E-state index contributed by atoms with van der Waals surface area (Å²) in [6.45, 7) is 2.08. The van der Waals surface area contributed by atoms with Gasteiger partial charge in [0, 0.05) is 21.2 Å². The van der Waals surface area contributed by atoms with Crippen molar-refractivity contribution in [2.45, 2.75) is 6.92 Å². The second kappa shape index (κ2) is 15.8. The molecular formula is C14H24N2O5.